The van der Waals surface area contributed by atoms with Gasteiger partial charge in [0.25, 0.3) is 5.91 Å². The molecule has 0 aliphatic carbocycles. The van der Waals surface area contributed by atoms with Gasteiger partial charge in [-0.2, -0.15) is 0 Å². The zero-order valence-corrected chi connectivity index (χ0v) is 23.1. The monoisotopic (exact) mass is 520 g/mol. The van der Waals surface area contributed by atoms with Gasteiger partial charge in [-0.15, -0.1) is 11.3 Å². The third kappa shape index (κ3) is 6.16. The molecule has 2 heterocycles. The summed E-state index contributed by atoms with van der Waals surface area (Å²) >= 11 is 1.73. The van der Waals surface area contributed by atoms with Crippen LogP contribution in [0, 0.1) is 0 Å². The number of benzene rings is 2. The summed E-state index contributed by atoms with van der Waals surface area (Å²) in [5.41, 5.74) is 2.93. The van der Waals surface area contributed by atoms with Crippen LogP contribution in [0.25, 0.3) is 0 Å². The predicted octanol–water partition coefficient (Wildman–Crippen LogP) is 5.94. The smallest absolute Gasteiger partial charge is 0.254 e. The molecular formula is C30H36N2O4S. The first-order chi connectivity index (χ1) is 17.8. The number of hydrogen-bond acceptors (Lipinski definition) is 5. The Morgan fingerprint density at radius 3 is 2.30 bits per heavy atom. The van der Waals surface area contributed by atoms with Gasteiger partial charge in [0.05, 0.1) is 13.2 Å². The summed E-state index contributed by atoms with van der Waals surface area (Å²) < 4.78 is 11.4. The molecule has 1 unspecified atom stereocenters. The van der Waals surface area contributed by atoms with Crippen LogP contribution < -0.4 is 9.47 Å². The molecule has 1 aromatic heterocycles. The Kier molecular flexibility index (Phi) is 8.54. The molecule has 4 rings (SSSR count). The van der Waals surface area contributed by atoms with Crippen LogP contribution in [0.4, 0.5) is 0 Å². The van der Waals surface area contributed by atoms with Crippen LogP contribution in [0.5, 0.6) is 11.5 Å². The summed E-state index contributed by atoms with van der Waals surface area (Å²) in [6, 6.07) is 16.9. The van der Waals surface area contributed by atoms with Crippen LogP contribution in [0.2, 0.25) is 0 Å². The molecule has 0 N–H and O–H groups in total. The predicted molar refractivity (Wildman–Crippen MR) is 148 cm³/mol. The molecule has 0 fully saturated rings. The van der Waals surface area contributed by atoms with Gasteiger partial charge in [0.1, 0.15) is 24.7 Å². The van der Waals surface area contributed by atoms with E-state index in [-0.39, 0.29) is 30.4 Å². The van der Waals surface area contributed by atoms with Gasteiger partial charge in [0.2, 0.25) is 5.91 Å². The van der Waals surface area contributed by atoms with Crippen molar-refractivity contribution in [1.29, 1.82) is 0 Å². The minimum Gasteiger partial charge on any atom is -0.497 e. The average Bonchev–Trinajstić information content (AvgIpc) is 3.39. The first-order valence-corrected chi connectivity index (χ1v) is 13.7. The van der Waals surface area contributed by atoms with Crippen LogP contribution in [0.15, 0.2) is 60.0 Å². The maximum absolute atomic E-state index is 13.7. The maximum atomic E-state index is 13.7. The molecule has 0 bridgehead atoms. The van der Waals surface area contributed by atoms with E-state index >= 15 is 0 Å². The van der Waals surface area contributed by atoms with Crippen molar-refractivity contribution in [3.63, 3.8) is 0 Å². The highest BCUT2D eigenvalue weighted by molar-refractivity contribution is 7.10. The first-order valence-electron chi connectivity index (χ1n) is 12.8. The van der Waals surface area contributed by atoms with Gasteiger partial charge in [-0.25, -0.2) is 0 Å². The largest absolute Gasteiger partial charge is 0.497 e. The van der Waals surface area contributed by atoms with Gasteiger partial charge >= 0.3 is 0 Å². The van der Waals surface area contributed by atoms with E-state index in [9.17, 15) is 9.59 Å². The molecule has 2 amide bonds. The topological polar surface area (TPSA) is 59.1 Å². The molecule has 6 nitrogen and oxygen atoms in total. The van der Waals surface area contributed by atoms with Crippen molar-refractivity contribution in [3.8, 4) is 11.5 Å². The standard InChI is InChI=1S/C30H36N2O4S/c1-20(2)22-6-12-25(13-7-22)36-19-27-26-15-17-37-28(26)14-16-31(27)29(33)18-32(21(3)4)30(34)23-8-10-24(35-5)11-9-23/h6-13,15,17,20-21,27H,14,16,18-19H2,1-5H3. The molecule has 1 aliphatic heterocycles. The van der Waals surface area contributed by atoms with E-state index < -0.39 is 0 Å². The van der Waals surface area contributed by atoms with Crippen LogP contribution in [-0.2, 0) is 11.2 Å². The highest BCUT2D eigenvalue weighted by Crippen LogP contribution is 2.34. The van der Waals surface area contributed by atoms with Crippen LogP contribution in [0.1, 0.15) is 66.0 Å². The normalized spacial score (nSPS) is 15.0. The molecule has 3 aromatic rings. The molecule has 0 saturated carbocycles. The minimum absolute atomic E-state index is 0.0155. The third-order valence-electron chi connectivity index (χ3n) is 6.90. The van der Waals surface area contributed by atoms with Gasteiger partial charge in [-0.3, -0.25) is 9.59 Å². The van der Waals surface area contributed by atoms with Gasteiger partial charge in [-0.05, 0) is 85.2 Å². The quantitative estimate of drug-likeness (QED) is 0.351. The van der Waals surface area contributed by atoms with Crippen molar-refractivity contribution >= 4 is 23.2 Å². The second kappa shape index (κ2) is 11.8. The number of ether oxygens (including phenoxy) is 2. The second-order valence-corrected chi connectivity index (χ2v) is 10.9. The Morgan fingerprint density at radius 1 is 1.00 bits per heavy atom. The molecule has 0 radical (unpaired) electrons. The summed E-state index contributed by atoms with van der Waals surface area (Å²) in [4.78, 5) is 31.8. The molecule has 196 valence electrons. The van der Waals surface area contributed by atoms with Crippen molar-refractivity contribution in [1.82, 2.24) is 9.80 Å². The molecular weight excluding hydrogens is 484 g/mol. The van der Waals surface area contributed by atoms with Crippen molar-refractivity contribution < 1.29 is 19.1 Å². The zero-order valence-electron chi connectivity index (χ0n) is 22.3. The van der Waals surface area contributed by atoms with Crippen molar-refractivity contribution in [3.05, 3.63) is 81.5 Å². The third-order valence-corrected chi connectivity index (χ3v) is 7.89. The van der Waals surface area contributed by atoms with Crippen molar-refractivity contribution in [2.45, 2.75) is 52.1 Å². The lowest BCUT2D eigenvalue weighted by Gasteiger charge is -2.37. The number of thiophene rings is 1. The van der Waals surface area contributed by atoms with E-state index in [0.717, 1.165) is 17.7 Å². The number of carbonyl (C=O) groups excluding carboxylic acids is 2. The number of methoxy groups -OCH3 is 1. The first kappa shape index (κ1) is 26.7. The van der Waals surface area contributed by atoms with E-state index in [1.165, 1.54) is 10.4 Å². The van der Waals surface area contributed by atoms with Crippen LogP contribution >= 0.6 is 11.3 Å². The average molecular weight is 521 g/mol. The van der Waals surface area contributed by atoms with Crippen LogP contribution in [0.3, 0.4) is 0 Å². The van der Waals surface area contributed by atoms with Crippen molar-refractivity contribution in [2.24, 2.45) is 0 Å². The van der Waals surface area contributed by atoms with Crippen molar-refractivity contribution in [2.75, 3.05) is 26.8 Å². The fourth-order valence-corrected chi connectivity index (χ4v) is 5.55. The van der Waals surface area contributed by atoms with E-state index in [1.807, 2.05) is 30.9 Å². The van der Waals surface area contributed by atoms with E-state index in [2.05, 4.69) is 37.4 Å². The summed E-state index contributed by atoms with van der Waals surface area (Å²) in [5, 5.41) is 2.08. The Hall–Kier alpha value is -3.32. The van der Waals surface area contributed by atoms with Gasteiger partial charge < -0.3 is 19.3 Å². The molecule has 37 heavy (non-hydrogen) atoms. The minimum atomic E-state index is -0.197. The van der Waals surface area contributed by atoms with E-state index in [1.54, 1.807) is 47.6 Å². The Morgan fingerprint density at radius 2 is 1.68 bits per heavy atom. The molecule has 1 atom stereocenters. The Balaban J connectivity index is 1.50. The van der Waals surface area contributed by atoms with Crippen LogP contribution in [-0.4, -0.2) is 54.5 Å². The molecule has 7 heteroatoms. The van der Waals surface area contributed by atoms with Gasteiger partial charge in [0.15, 0.2) is 0 Å². The Labute approximate surface area is 223 Å². The SMILES string of the molecule is COc1ccc(C(=O)N(CC(=O)N2CCc3sccc3C2COc2ccc(C(C)C)cc2)C(C)C)cc1. The lowest BCUT2D eigenvalue weighted by atomic mass is 10.00. The molecule has 2 aromatic carbocycles. The summed E-state index contributed by atoms with van der Waals surface area (Å²) in [5.74, 6) is 1.69. The number of hydrogen-bond donors (Lipinski definition) is 0. The summed E-state index contributed by atoms with van der Waals surface area (Å²) in [6.45, 7) is 9.19. The zero-order chi connectivity index (χ0) is 26.5. The molecule has 1 aliphatic rings. The second-order valence-electron chi connectivity index (χ2n) is 9.94. The molecule has 0 spiro atoms. The van der Waals surface area contributed by atoms with Gasteiger partial charge in [-0.1, -0.05) is 26.0 Å². The number of amides is 2. The fourth-order valence-electron chi connectivity index (χ4n) is 4.62. The van der Waals surface area contributed by atoms with E-state index in [4.69, 9.17) is 9.47 Å². The summed E-state index contributed by atoms with van der Waals surface area (Å²) in [7, 11) is 1.59. The lowest BCUT2D eigenvalue weighted by molar-refractivity contribution is -0.136. The molecule has 0 saturated heterocycles. The lowest BCUT2D eigenvalue weighted by Crippen LogP contribution is -2.49. The van der Waals surface area contributed by atoms with E-state index in [0.29, 0.717) is 30.4 Å². The number of rotatable bonds is 9. The maximum Gasteiger partial charge on any atom is 0.254 e. The number of carbonyl (C=O) groups is 2. The van der Waals surface area contributed by atoms with Gasteiger partial charge in [0, 0.05) is 23.0 Å². The Bertz CT molecular complexity index is 1200. The summed E-state index contributed by atoms with van der Waals surface area (Å²) in [6.07, 6.45) is 0.812. The number of fused-ring (bicyclic) bond motifs is 1. The highest BCUT2D eigenvalue weighted by Gasteiger charge is 2.34. The highest BCUT2D eigenvalue weighted by atomic mass is 32.1. The number of nitrogens with zero attached hydrogens (tertiary/aromatic N) is 2. The fraction of sp³-hybridized carbons (Fsp3) is 0.400.